The Balaban J connectivity index is 1.66. The van der Waals surface area contributed by atoms with E-state index in [9.17, 15) is 14.9 Å². The molecule has 0 bridgehead atoms. The van der Waals surface area contributed by atoms with Crippen molar-refractivity contribution in [1.82, 2.24) is 4.98 Å². The minimum Gasteiger partial charge on any atom is -0.494 e. The molecule has 0 atom stereocenters. The summed E-state index contributed by atoms with van der Waals surface area (Å²) in [5.74, 6) is 0.692. The van der Waals surface area contributed by atoms with Crippen LogP contribution in [0.3, 0.4) is 0 Å². The van der Waals surface area contributed by atoms with Crippen LogP contribution in [-0.2, 0) is 4.79 Å². The third-order valence-corrected chi connectivity index (χ3v) is 3.46. The molecule has 1 amide bonds. The van der Waals surface area contributed by atoms with Crippen molar-refractivity contribution in [3.63, 3.8) is 0 Å². The number of rotatable bonds is 6. The van der Waals surface area contributed by atoms with Crippen molar-refractivity contribution in [3.05, 3.63) is 52.6 Å². The van der Waals surface area contributed by atoms with E-state index in [1.807, 2.05) is 30.3 Å². The second-order valence-electron chi connectivity index (χ2n) is 5.10. The molecule has 3 rings (SSSR count). The summed E-state index contributed by atoms with van der Waals surface area (Å²) in [7, 11) is 0. The number of carbonyl (C=O) groups excluding carboxylic acids is 1. The molecular weight excluding hydrogens is 314 g/mol. The van der Waals surface area contributed by atoms with Gasteiger partial charge in [-0.15, -0.1) is 0 Å². The van der Waals surface area contributed by atoms with Crippen molar-refractivity contribution in [2.75, 3.05) is 24.7 Å². The number of nitro groups is 1. The normalized spacial score (nSPS) is 13.2. The molecule has 1 aromatic heterocycles. The molecule has 0 saturated carbocycles. The van der Waals surface area contributed by atoms with Gasteiger partial charge in [-0.25, -0.2) is 0 Å². The second-order valence-corrected chi connectivity index (χ2v) is 5.10. The fourth-order valence-corrected chi connectivity index (χ4v) is 2.33. The molecule has 1 aliphatic rings. The summed E-state index contributed by atoms with van der Waals surface area (Å²) in [4.78, 5) is 27.6. The van der Waals surface area contributed by atoms with Crippen molar-refractivity contribution in [2.24, 2.45) is 0 Å². The third kappa shape index (κ3) is 3.43. The maximum atomic E-state index is 12.1. The number of fused-ring (bicyclic) bond motifs is 1. The molecule has 0 fully saturated rings. The predicted molar refractivity (Wildman–Crippen MR) is 85.3 cm³/mol. The van der Waals surface area contributed by atoms with Gasteiger partial charge in [-0.3, -0.25) is 9.69 Å². The lowest BCUT2D eigenvalue weighted by Gasteiger charge is -2.25. The van der Waals surface area contributed by atoms with Crippen LogP contribution < -0.4 is 14.4 Å². The van der Waals surface area contributed by atoms with Crippen LogP contribution >= 0.6 is 0 Å². The molecule has 0 saturated heterocycles. The number of hydrogen-bond donors (Lipinski definition) is 0. The van der Waals surface area contributed by atoms with Crippen molar-refractivity contribution in [3.8, 4) is 11.5 Å². The van der Waals surface area contributed by atoms with Crippen LogP contribution in [0.4, 0.5) is 11.6 Å². The van der Waals surface area contributed by atoms with E-state index in [1.54, 1.807) is 0 Å². The predicted octanol–water partition coefficient (Wildman–Crippen LogP) is 2.18. The zero-order valence-electron chi connectivity index (χ0n) is 12.8. The minimum atomic E-state index is -0.601. The van der Waals surface area contributed by atoms with Gasteiger partial charge >= 0.3 is 5.82 Å². The Bertz CT molecular complexity index is 751. The first kappa shape index (κ1) is 15.7. The van der Waals surface area contributed by atoms with Gasteiger partial charge in [-0.2, -0.15) is 0 Å². The zero-order chi connectivity index (χ0) is 16.9. The van der Waals surface area contributed by atoms with Gasteiger partial charge in [0.15, 0.2) is 12.4 Å². The molecule has 0 aliphatic carbocycles. The van der Waals surface area contributed by atoms with Crippen LogP contribution in [0.5, 0.6) is 11.5 Å². The van der Waals surface area contributed by atoms with E-state index in [-0.39, 0.29) is 24.1 Å². The van der Waals surface area contributed by atoms with Crippen molar-refractivity contribution < 1.29 is 19.2 Å². The fraction of sp³-hybridized carbons (Fsp3) is 0.250. The number of nitrogens with zero attached hydrogens (tertiary/aromatic N) is 3. The molecule has 8 heteroatoms. The molecule has 8 nitrogen and oxygen atoms in total. The van der Waals surface area contributed by atoms with Crippen LogP contribution in [0, 0.1) is 10.1 Å². The minimum absolute atomic E-state index is 0.105. The number of benzene rings is 1. The lowest BCUT2D eigenvalue weighted by atomic mass is 10.3. The number of pyridine rings is 1. The molecule has 0 N–H and O–H groups in total. The highest BCUT2D eigenvalue weighted by molar-refractivity contribution is 5.96. The molecule has 0 radical (unpaired) electrons. The summed E-state index contributed by atoms with van der Waals surface area (Å²) in [6.07, 6.45) is 0.560. The second kappa shape index (κ2) is 6.95. The van der Waals surface area contributed by atoms with Gasteiger partial charge in [-0.05, 0) is 34.5 Å². The molecule has 0 unspecified atom stereocenters. The van der Waals surface area contributed by atoms with Gasteiger partial charge < -0.3 is 19.6 Å². The van der Waals surface area contributed by atoms with Crippen LogP contribution in [-0.4, -0.2) is 35.6 Å². The largest absolute Gasteiger partial charge is 0.494 e. The number of amides is 1. The Kier molecular flexibility index (Phi) is 4.55. The van der Waals surface area contributed by atoms with Gasteiger partial charge in [0, 0.05) is 12.6 Å². The lowest BCUT2D eigenvalue weighted by Crippen LogP contribution is -2.40. The number of ether oxygens (including phenoxy) is 2. The highest BCUT2D eigenvalue weighted by Gasteiger charge is 2.31. The van der Waals surface area contributed by atoms with Crippen molar-refractivity contribution in [1.29, 1.82) is 0 Å². The average Bonchev–Trinajstić information content (AvgIpc) is 2.60. The van der Waals surface area contributed by atoms with Crippen LogP contribution in [0.1, 0.15) is 6.42 Å². The Morgan fingerprint density at radius 3 is 2.79 bits per heavy atom. The topological polar surface area (TPSA) is 94.8 Å². The van der Waals surface area contributed by atoms with Gasteiger partial charge in [0.2, 0.25) is 0 Å². The number of para-hydroxylation sites is 1. The Hall–Kier alpha value is -3.16. The molecule has 2 aromatic rings. The van der Waals surface area contributed by atoms with E-state index < -0.39 is 4.92 Å². The van der Waals surface area contributed by atoms with Crippen molar-refractivity contribution in [2.45, 2.75) is 6.42 Å². The lowest BCUT2D eigenvalue weighted by molar-refractivity contribution is -0.389. The smallest absolute Gasteiger partial charge is 0.366 e. The van der Waals surface area contributed by atoms with Crippen molar-refractivity contribution >= 4 is 17.5 Å². The Morgan fingerprint density at radius 1 is 1.25 bits per heavy atom. The summed E-state index contributed by atoms with van der Waals surface area (Å²) in [5, 5.41) is 10.9. The maximum absolute atomic E-state index is 12.1. The maximum Gasteiger partial charge on any atom is 0.366 e. The molecule has 1 aromatic carbocycles. The quantitative estimate of drug-likeness (QED) is 0.458. The number of anilines is 1. The third-order valence-electron chi connectivity index (χ3n) is 3.46. The summed E-state index contributed by atoms with van der Waals surface area (Å²) < 4.78 is 10.9. The first-order valence-electron chi connectivity index (χ1n) is 7.41. The van der Waals surface area contributed by atoms with Crippen LogP contribution in [0.15, 0.2) is 42.5 Å². The molecule has 1 aliphatic heterocycles. The zero-order valence-corrected chi connectivity index (χ0v) is 12.8. The average molecular weight is 329 g/mol. The SMILES string of the molecule is O=C1COc2ccc([N+](=O)[O-])nc2N1CCCOc1ccccc1. The highest BCUT2D eigenvalue weighted by Crippen LogP contribution is 2.32. The van der Waals surface area contributed by atoms with Gasteiger partial charge in [0.1, 0.15) is 5.75 Å². The van der Waals surface area contributed by atoms with E-state index >= 15 is 0 Å². The molecule has 2 heterocycles. The van der Waals surface area contributed by atoms with Gasteiger partial charge in [0.25, 0.3) is 11.7 Å². The van der Waals surface area contributed by atoms with E-state index in [0.29, 0.717) is 25.3 Å². The number of aromatic nitrogens is 1. The van der Waals surface area contributed by atoms with E-state index in [4.69, 9.17) is 9.47 Å². The number of carbonyl (C=O) groups is 1. The highest BCUT2D eigenvalue weighted by atomic mass is 16.6. The molecular formula is C16H15N3O5. The Morgan fingerprint density at radius 2 is 2.04 bits per heavy atom. The monoisotopic (exact) mass is 329 g/mol. The van der Waals surface area contributed by atoms with Crippen LogP contribution in [0.25, 0.3) is 0 Å². The summed E-state index contributed by atoms with van der Waals surface area (Å²) in [6.45, 7) is 0.654. The summed E-state index contributed by atoms with van der Waals surface area (Å²) in [6, 6.07) is 12.1. The van der Waals surface area contributed by atoms with Gasteiger partial charge in [0.05, 0.1) is 6.61 Å². The standard InChI is InChI=1S/C16H15N3O5/c20-15-11-24-13-7-8-14(19(21)22)17-16(13)18(15)9-4-10-23-12-5-2-1-3-6-12/h1-3,5-8H,4,9-11H2. The van der Waals surface area contributed by atoms with E-state index in [1.165, 1.54) is 17.0 Å². The van der Waals surface area contributed by atoms with E-state index in [0.717, 1.165) is 5.75 Å². The van der Waals surface area contributed by atoms with E-state index in [2.05, 4.69) is 4.98 Å². The molecule has 24 heavy (non-hydrogen) atoms. The molecule has 124 valence electrons. The fourth-order valence-electron chi connectivity index (χ4n) is 2.33. The number of hydrogen-bond acceptors (Lipinski definition) is 6. The first-order valence-corrected chi connectivity index (χ1v) is 7.41. The van der Waals surface area contributed by atoms with Gasteiger partial charge in [-0.1, -0.05) is 18.2 Å². The van der Waals surface area contributed by atoms with Crippen LogP contribution in [0.2, 0.25) is 0 Å². The Labute approximate surface area is 137 Å². The summed E-state index contributed by atoms with van der Waals surface area (Å²) in [5.41, 5.74) is 0. The molecule has 0 spiro atoms. The first-order chi connectivity index (χ1) is 11.6. The summed E-state index contributed by atoms with van der Waals surface area (Å²) >= 11 is 0.